The molecule has 108 valence electrons. The summed E-state index contributed by atoms with van der Waals surface area (Å²) >= 11 is 4.71. The molecule has 0 amide bonds. The molecule has 0 saturated carbocycles. The molecule has 2 heterocycles. The maximum atomic E-state index is 11.2. The fourth-order valence-corrected chi connectivity index (χ4v) is 3.54. The number of hydrogen-bond acceptors (Lipinski definition) is 4. The SMILES string of the molecule is COCc1nn(-c2ccccc2Br)c2sc(C(=O)O)cc12. The fourth-order valence-electron chi connectivity index (χ4n) is 2.10. The molecule has 0 radical (unpaired) electrons. The molecule has 7 heteroatoms. The molecule has 3 rings (SSSR count). The number of halogens is 1. The van der Waals surface area contributed by atoms with Crippen molar-refractivity contribution in [3.8, 4) is 5.69 Å². The van der Waals surface area contributed by atoms with E-state index in [-0.39, 0.29) is 0 Å². The first-order valence-corrected chi connectivity index (χ1v) is 7.71. The molecule has 0 unspecified atom stereocenters. The first kappa shape index (κ1) is 14.2. The number of para-hydroxylation sites is 1. The van der Waals surface area contributed by atoms with Crippen LogP contribution in [0.1, 0.15) is 15.4 Å². The van der Waals surface area contributed by atoms with Crippen LogP contribution in [0.25, 0.3) is 15.9 Å². The van der Waals surface area contributed by atoms with Crippen LogP contribution in [-0.2, 0) is 11.3 Å². The van der Waals surface area contributed by atoms with Crippen LogP contribution in [0.3, 0.4) is 0 Å². The van der Waals surface area contributed by atoms with Gasteiger partial charge in [0.25, 0.3) is 0 Å². The van der Waals surface area contributed by atoms with Crippen molar-refractivity contribution < 1.29 is 14.6 Å². The van der Waals surface area contributed by atoms with Gasteiger partial charge in [-0.25, -0.2) is 9.48 Å². The summed E-state index contributed by atoms with van der Waals surface area (Å²) < 4.78 is 7.80. The number of nitrogens with zero attached hydrogens (tertiary/aromatic N) is 2. The van der Waals surface area contributed by atoms with Crippen molar-refractivity contribution in [2.75, 3.05) is 7.11 Å². The number of carboxylic acid groups (broad SMARTS) is 1. The molecule has 1 aromatic carbocycles. The lowest BCUT2D eigenvalue weighted by atomic mass is 10.3. The molecular formula is C14H11BrN2O3S. The molecule has 21 heavy (non-hydrogen) atoms. The second-order valence-corrected chi connectivity index (χ2v) is 6.26. The van der Waals surface area contributed by atoms with Crippen LogP contribution >= 0.6 is 27.3 Å². The van der Waals surface area contributed by atoms with E-state index in [0.717, 1.165) is 26.1 Å². The van der Waals surface area contributed by atoms with Crippen molar-refractivity contribution >= 4 is 43.5 Å². The summed E-state index contributed by atoms with van der Waals surface area (Å²) in [7, 11) is 1.59. The fraction of sp³-hybridized carbons (Fsp3) is 0.143. The normalized spacial score (nSPS) is 11.1. The van der Waals surface area contributed by atoms with E-state index in [1.807, 2.05) is 24.3 Å². The number of benzene rings is 1. The highest BCUT2D eigenvalue weighted by Gasteiger charge is 2.19. The van der Waals surface area contributed by atoms with E-state index in [9.17, 15) is 9.90 Å². The molecule has 0 aliphatic rings. The predicted octanol–water partition coefficient (Wildman–Crippen LogP) is 3.69. The monoisotopic (exact) mass is 366 g/mol. The Morgan fingerprint density at radius 1 is 1.48 bits per heavy atom. The number of thiophene rings is 1. The second-order valence-electron chi connectivity index (χ2n) is 4.38. The van der Waals surface area contributed by atoms with Gasteiger partial charge in [0.2, 0.25) is 0 Å². The number of carbonyl (C=O) groups is 1. The van der Waals surface area contributed by atoms with Gasteiger partial charge in [0, 0.05) is 17.0 Å². The first-order chi connectivity index (χ1) is 10.1. The minimum absolute atomic E-state index is 0.292. The zero-order valence-corrected chi connectivity index (χ0v) is 13.4. The molecule has 2 aromatic heterocycles. The van der Waals surface area contributed by atoms with Crippen LogP contribution in [0.4, 0.5) is 0 Å². The van der Waals surface area contributed by atoms with E-state index in [4.69, 9.17) is 4.74 Å². The van der Waals surface area contributed by atoms with Gasteiger partial charge in [-0.2, -0.15) is 5.10 Å². The molecule has 5 nitrogen and oxygen atoms in total. The van der Waals surface area contributed by atoms with Gasteiger partial charge in [0.1, 0.15) is 9.71 Å². The van der Waals surface area contributed by atoms with Gasteiger partial charge >= 0.3 is 5.97 Å². The minimum atomic E-state index is -0.932. The highest BCUT2D eigenvalue weighted by Crippen LogP contribution is 2.33. The van der Waals surface area contributed by atoms with Crippen LogP contribution in [0.15, 0.2) is 34.8 Å². The van der Waals surface area contributed by atoms with Crippen molar-refractivity contribution in [1.29, 1.82) is 0 Å². The lowest BCUT2D eigenvalue weighted by Crippen LogP contribution is -1.99. The Kier molecular flexibility index (Phi) is 3.79. The summed E-state index contributed by atoms with van der Waals surface area (Å²) in [6, 6.07) is 9.33. The van der Waals surface area contributed by atoms with Crippen LogP contribution in [0.5, 0.6) is 0 Å². The van der Waals surface area contributed by atoms with Crippen LogP contribution in [0, 0.1) is 0 Å². The third-order valence-corrected chi connectivity index (χ3v) is 4.78. The molecule has 0 spiro atoms. The molecule has 1 N–H and O–H groups in total. The smallest absolute Gasteiger partial charge is 0.345 e. The predicted molar refractivity (Wildman–Crippen MR) is 84.3 cm³/mol. The molecular weight excluding hydrogens is 356 g/mol. The molecule has 3 aromatic rings. The van der Waals surface area contributed by atoms with E-state index < -0.39 is 5.97 Å². The van der Waals surface area contributed by atoms with Gasteiger partial charge in [-0.05, 0) is 34.1 Å². The highest BCUT2D eigenvalue weighted by atomic mass is 79.9. The van der Waals surface area contributed by atoms with E-state index in [1.165, 1.54) is 11.3 Å². The molecule has 0 fully saturated rings. The van der Waals surface area contributed by atoms with Crippen LogP contribution in [0.2, 0.25) is 0 Å². The zero-order chi connectivity index (χ0) is 15.0. The quantitative estimate of drug-likeness (QED) is 0.764. The largest absolute Gasteiger partial charge is 0.477 e. The number of ether oxygens (including phenoxy) is 1. The van der Waals surface area contributed by atoms with Gasteiger partial charge in [0.05, 0.1) is 18.0 Å². The summed E-state index contributed by atoms with van der Waals surface area (Å²) in [6.45, 7) is 0.337. The Morgan fingerprint density at radius 2 is 2.24 bits per heavy atom. The Morgan fingerprint density at radius 3 is 2.90 bits per heavy atom. The van der Waals surface area contributed by atoms with Gasteiger partial charge in [-0.15, -0.1) is 11.3 Å². The summed E-state index contributed by atoms with van der Waals surface area (Å²) in [4.78, 5) is 12.3. The average molecular weight is 367 g/mol. The zero-order valence-electron chi connectivity index (χ0n) is 11.0. The second kappa shape index (κ2) is 5.59. The summed E-state index contributed by atoms with van der Waals surface area (Å²) in [5.74, 6) is -0.932. The molecule has 0 bridgehead atoms. The standard InChI is InChI=1S/C14H11BrN2O3S/c1-20-7-10-8-6-12(14(18)19)21-13(8)17(16-10)11-5-3-2-4-9(11)15/h2-6H,7H2,1H3,(H,18,19). The third-order valence-electron chi connectivity index (χ3n) is 3.01. The number of aromatic nitrogens is 2. The topological polar surface area (TPSA) is 64.4 Å². The summed E-state index contributed by atoms with van der Waals surface area (Å²) in [5.41, 5.74) is 1.59. The van der Waals surface area contributed by atoms with Gasteiger partial charge < -0.3 is 9.84 Å². The Bertz CT molecular complexity index is 825. The van der Waals surface area contributed by atoms with Crippen LogP contribution < -0.4 is 0 Å². The van der Waals surface area contributed by atoms with Crippen molar-refractivity contribution in [3.05, 3.63) is 45.4 Å². The molecule has 0 atom stereocenters. The Labute approximate surface area is 132 Å². The third kappa shape index (κ3) is 2.48. The van der Waals surface area contributed by atoms with Gasteiger partial charge in [-0.3, -0.25) is 0 Å². The number of methoxy groups -OCH3 is 1. The number of aromatic carboxylic acids is 1. The van der Waals surface area contributed by atoms with Gasteiger partial charge in [0.15, 0.2) is 0 Å². The van der Waals surface area contributed by atoms with E-state index in [0.29, 0.717) is 11.5 Å². The molecule has 0 aliphatic heterocycles. The van der Waals surface area contributed by atoms with Crippen molar-refractivity contribution in [1.82, 2.24) is 9.78 Å². The van der Waals surface area contributed by atoms with E-state index in [2.05, 4.69) is 21.0 Å². The number of rotatable bonds is 4. The summed E-state index contributed by atoms with van der Waals surface area (Å²) in [5, 5.41) is 14.5. The first-order valence-electron chi connectivity index (χ1n) is 6.10. The van der Waals surface area contributed by atoms with E-state index >= 15 is 0 Å². The van der Waals surface area contributed by atoms with Gasteiger partial charge in [-0.1, -0.05) is 12.1 Å². The number of hydrogen-bond donors (Lipinski definition) is 1. The Balaban J connectivity index is 2.27. The maximum absolute atomic E-state index is 11.2. The lowest BCUT2D eigenvalue weighted by Gasteiger charge is -2.04. The number of fused-ring (bicyclic) bond motifs is 1. The van der Waals surface area contributed by atoms with Crippen molar-refractivity contribution in [2.45, 2.75) is 6.61 Å². The summed E-state index contributed by atoms with van der Waals surface area (Å²) in [6.07, 6.45) is 0. The van der Waals surface area contributed by atoms with E-state index in [1.54, 1.807) is 17.9 Å². The molecule has 0 saturated heterocycles. The number of carboxylic acids is 1. The van der Waals surface area contributed by atoms with Crippen molar-refractivity contribution in [3.63, 3.8) is 0 Å². The minimum Gasteiger partial charge on any atom is -0.477 e. The highest BCUT2D eigenvalue weighted by molar-refractivity contribution is 9.10. The van der Waals surface area contributed by atoms with Crippen molar-refractivity contribution in [2.24, 2.45) is 0 Å². The lowest BCUT2D eigenvalue weighted by molar-refractivity contribution is 0.0702. The van der Waals surface area contributed by atoms with Crippen LogP contribution in [-0.4, -0.2) is 28.0 Å². The maximum Gasteiger partial charge on any atom is 0.345 e. The molecule has 0 aliphatic carbocycles. The average Bonchev–Trinajstić information content (AvgIpc) is 3.01. The Hall–Kier alpha value is -1.70.